The van der Waals surface area contributed by atoms with Crippen molar-refractivity contribution in [2.24, 2.45) is 0 Å². The van der Waals surface area contributed by atoms with Crippen molar-refractivity contribution in [3.63, 3.8) is 0 Å². The van der Waals surface area contributed by atoms with Crippen LogP contribution in [0.3, 0.4) is 0 Å². The van der Waals surface area contributed by atoms with Gasteiger partial charge in [-0.2, -0.15) is 0 Å². The topological polar surface area (TPSA) is 56.8 Å². The maximum Gasteiger partial charge on any atom is 0.255 e. The molecule has 2 aromatic carbocycles. The Labute approximate surface area is 179 Å². The second-order valence-electron chi connectivity index (χ2n) is 7.66. The molecule has 3 rings (SSSR count). The minimum absolute atomic E-state index is 0.165. The van der Waals surface area contributed by atoms with E-state index in [4.69, 9.17) is 14.2 Å². The monoisotopic (exact) mass is 411 g/mol. The van der Waals surface area contributed by atoms with Crippen LogP contribution in [0.15, 0.2) is 42.5 Å². The van der Waals surface area contributed by atoms with Crippen LogP contribution in [0.5, 0.6) is 17.2 Å². The molecule has 0 radical (unpaired) electrons. The van der Waals surface area contributed by atoms with Gasteiger partial charge in [-0.3, -0.25) is 4.79 Å². The zero-order valence-corrected chi connectivity index (χ0v) is 18.0. The molecule has 0 unspecified atom stereocenters. The summed E-state index contributed by atoms with van der Waals surface area (Å²) in [5, 5.41) is 2.90. The molecule has 0 saturated carbocycles. The third-order valence-electron chi connectivity index (χ3n) is 5.18. The first-order chi connectivity index (χ1) is 14.8. The summed E-state index contributed by atoms with van der Waals surface area (Å²) in [6, 6.07) is 12.7. The van der Waals surface area contributed by atoms with Gasteiger partial charge in [0.25, 0.3) is 5.91 Å². The van der Waals surface area contributed by atoms with E-state index in [-0.39, 0.29) is 5.91 Å². The van der Waals surface area contributed by atoms with Gasteiger partial charge in [-0.15, -0.1) is 0 Å². The smallest absolute Gasteiger partial charge is 0.255 e. The number of benzene rings is 2. The fourth-order valence-corrected chi connectivity index (χ4v) is 3.45. The van der Waals surface area contributed by atoms with E-state index in [0.29, 0.717) is 36.0 Å². The van der Waals surface area contributed by atoms with Crippen molar-refractivity contribution in [3.05, 3.63) is 48.0 Å². The third kappa shape index (κ3) is 6.97. The molecule has 1 heterocycles. The number of unbranched alkanes of at least 4 members (excludes halogenated alkanes) is 7. The van der Waals surface area contributed by atoms with Gasteiger partial charge < -0.3 is 19.5 Å². The van der Waals surface area contributed by atoms with Crippen LogP contribution in [-0.4, -0.2) is 25.7 Å². The molecular weight excluding hydrogens is 378 g/mol. The molecule has 0 spiro atoms. The lowest BCUT2D eigenvalue weighted by Gasteiger charge is -2.19. The van der Waals surface area contributed by atoms with Gasteiger partial charge in [0.1, 0.15) is 19.0 Å². The number of anilines is 1. The maximum atomic E-state index is 12.5. The Bertz CT molecular complexity index is 788. The van der Waals surface area contributed by atoms with Gasteiger partial charge in [-0.1, -0.05) is 51.9 Å². The quantitative estimate of drug-likeness (QED) is 0.421. The lowest BCUT2D eigenvalue weighted by atomic mass is 10.1. The lowest BCUT2D eigenvalue weighted by Crippen LogP contribution is -2.16. The Hall–Kier alpha value is -2.69. The van der Waals surface area contributed by atoms with Crippen LogP contribution in [0.2, 0.25) is 0 Å². The van der Waals surface area contributed by atoms with Crippen molar-refractivity contribution >= 4 is 11.6 Å². The summed E-state index contributed by atoms with van der Waals surface area (Å²) >= 11 is 0. The number of nitrogens with one attached hydrogen (secondary N) is 1. The maximum absolute atomic E-state index is 12.5. The second-order valence-corrected chi connectivity index (χ2v) is 7.66. The van der Waals surface area contributed by atoms with Crippen LogP contribution in [0.1, 0.15) is 68.6 Å². The molecule has 0 aliphatic carbocycles. The third-order valence-corrected chi connectivity index (χ3v) is 5.18. The number of hydrogen-bond acceptors (Lipinski definition) is 4. The van der Waals surface area contributed by atoms with Gasteiger partial charge in [0.15, 0.2) is 11.5 Å². The zero-order chi connectivity index (χ0) is 21.0. The predicted octanol–water partition coefficient (Wildman–Crippen LogP) is 6.23. The first-order valence-corrected chi connectivity index (χ1v) is 11.2. The molecule has 0 fully saturated rings. The zero-order valence-electron chi connectivity index (χ0n) is 18.0. The summed E-state index contributed by atoms with van der Waals surface area (Å²) in [6.07, 6.45) is 10.3. The summed E-state index contributed by atoms with van der Waals surface area (Å²) in [7, 11) is 0. The van der Waals surface area contributed by atoms with Gasteiger partial charge in [-0.25, -0.2) is 0 Å². The molecule has 5 heteroatoms. The SMILES string of the molecule is CCCCCCCCCCOc1ccc(C(=O)Nc2ccc3c(c2)OCCO3)cc1. The van der Waals surface area contributed by atoms with E-state index >= 15 is 0 Å². The van der Waals surface area contributed by atoms with Gasteiger partial charge in [0, 0.05) is 17.3 Å². The second kappa shape index (κ2) is 12.1. The van der Waals surface area contributed by atoms with Crippen molar-refractivity contribution in [1.29, 1.82) is 0 Å². The molecule has 1 aliphatic rings. The Balaban J connectivity index is 1.37. The Morgan fingerprint density at radius 3 is 2.27 bits per heavy atom. The molecule has 0 atom stereocenters. The van der Waals surface area contributed by atoms with Crippen molar-refractivity contribution in [3.8, 4) is 17.2 Å². The van der Waals surface area contributed by atoms with Crippen LogP contribution in [0, 0.1) is 0 Å². The summed E-state index contributed by atoms with van der Waals surface area (Å²) in [5.41, 5.74) is 1.27. The molecular formula is C25H33NO4. The van der Waals surface area contributed by atoms with Crippen LogP contribution in [0.25, 0.3) is 0 Å². The van der Waals surface area contributed by atoms with E-state index in [1.807, 2.05) is 24.3 Å². The van der Waals surface area contributed by atoms with E-state index in [1.54, 1.807) is 18.2 Å². The van der Waals surface area contributed by atoms with E-state index in [0.717, 1.165) is 18.8 Å². The van der Waals surface area contributed by atoms with Crippen LogP contribution < -0.4 is 19.5 Å². The number of rotatable bonds is 12. The number of ether oxygens (including phenoxy) is 3. The molecule has 2 aromatic rings. The molecule has 1 N–H and O–H groups in total. The predicted molar refractivity (Wildman–Crippen MR) is 120 cm³/mol. The van der Waals surface area contributed by atoms with E-state index in [1.165, 1.54) is 44.9 Å². The molecule has 0 bridgehead atoms. The standard InChI is InChI=1S/C25H33NO4/c1-2-3-4-5-6-7-8-9-16-28-22-13-10-20(11-14-22)25(27)26-21-12-15-23-24(19-21)30-18-17-29-23/h10-15,19H,2-9,16-18H2,1H3,(H,26,27). The lowest BCUT2D eigenvalue weighted by molar-refractivity contribution is 0.102. The molecule has 30 heavy (non-hydrogen) atoms. The largest absolute Gasteiger partial charge is 0.494 e. The van der Waals surface area contributed by atoms with E-state index < -0.39 is 0 Å². The summed E-state index contributed by atoms with van der Waals surface area (Å²) < 4.78 is 16.9. The number of hydrogen-bond donors (Lipinski definition) is 1. The summed E-state index contributed by atoms with van der Waals surface area (Å²) in [6.45, 7) is 4.03. The van der Waals surface area contributed by atoms with Crippen molar-refractivity contribution in [2.45, 2.75) is 58.3 Å². The minimum Gasteiger partial charge on any atom is -0.494 e. The van der Waals surface area contributed by atoms with Crippen LogP contribution in [-0.2, 0) is 0 Å². The highest BCUT2D eigenvalue weighted by molar-refractivity contribution is 6.04. The Morgan fingerprint density at radius 1 is 0.867 bits per heavy atom. The number of fused-ring (bicyclic) bond motifs is 1. The summed E-state index contributed by atoms with van der Waals surface area (Å²) in [5.74, 6) is 2.00. The van der Waals surface area contributed by atoms with Gasteiger partial charge in [0.2, 0.25) is 0 Å². The van der Waals surface area contributed by atoms with Crippen LogP contribution >= 0.6 is 0 Å². The molecule has 0 saturated heterocycles. The van der Waals surface area contributed by atoms with E-state index in [2.05, 4.69) is 12.2 Å². The molecule has 0 aromatic heterocycles. The average molecular weight is 412 g/mol. The fraction of sp³-hybridized carbons (Fsp3) is 0.480. The number of amides is 1. The first-order valence-electron chi connectivity index (χ1n) is 11.2. The van der Waals surface area contributed by atoms with Crippen molar-refractivity contribution < 1.29 is 19.0 Å². The average Bonchev–Trinajstić information content (AvgIpc) is 2.78. The molecule has 162 valence electrons. The van der Waals surface area contributed by atoms with Crippen molar-refractivity contribution in [2.75, 3.05) is 25.1 Å². The molecule has 1 amide bonds. The highest BCUT2D eigenvalue weighted by atomic mass is 16.6. The minimum atomic E-state index is -0.165. The molecule has 1 aliphatic heterocycles. The van der Waals surface area contributed by atoms with Gasteiger partial charge in [-0.05, 0) is 42.8 Å². The van der Waals surface area contributed by atoms with Gasteiger partial charge in [0.05, 0.1) is 6.61 Å². The number of carbonyl (C=O) groups excluding carboxylic acids is 1. The highest BCUT2D eigenvalue weighted by Gasteiger charge is 2.13. The highest BCUT2D eigenvalue weighted by Crippen LogP contribution is 2.32. The number of carbonyl (C=O) groups is 1. The van der Waals surface area contributed by atoms with E-state index in [9.17, 15) is 4.79 Å². The van der Waals surface area contributed by atoms with Crippen LogP contribution in [0.4, 0.5) is 5.69 Å². The molecule has 5 nitrogen and oxygen atoms in total. The van der Waals surface area contributed by atoms with Crippen molar-refractivity contribution in [1.82, 2.24) is 0 Å². The summed E-state index contributed by atoms with van der Waals surface area (Å²) in [4.78, 5) is 12.5. The Kier molecular flexibility index (Phi) is 8.88. The van der Waals surface area contributed by atoms with Gasteiger partial charge >= 0.3 is 0 Å². The normalized spacial score (nSPS) is 12.4. The Morgan fingerprint density at radius 2 is 1.53 bits per heavy atom. The first kappa shape index (κ1) is 22.0. The fourth-order valence-electron chi connectivity index (χ4n) is 3.45.